The van der Waals surface area contributed by atoms with Crippen molar-refractivity contribution in [3.8, 4) is 11.5 Å². The molecule has 0 unspecified atom stereocenters. The van der Waals surface area contributed by atoms with E-state index >= 15 is 0 Å². The summed E-state index contributed by atoms with van der Waals surface area (Å²) < 4.78 is 5.89. The molecular weight excluding hydrogens is 286 g/mol. The molecule has 1 aliphatic rings. The van der Waals surface area contributed by atoms with Crippen molar-refractivity contribution in [2.75, 3.05) is 31.1 Å². The Morgan fingerprint density at radius 2 is 1.74 bits per heavy atom. The van der Waals surface area contributed by atoms with Crippen LogP contribution in [0.3, 0.4) is 0 Å². The zero-order chi connectivity index (χ0) is 15.5. The van der Waals surface area contributed by atoms with E-state index in [-0.39, 0.29) is 0 Å². The SMILES string of the molecule is c1ccc(Oc2cnc3ccc(N4CCNCC4)cc3c2)cc1. The van der Waals surface area contributed by atoms with Crippen LogP contribution in [0.25, 0.3) is 10.9 Å². The number of para-hydroxylation sites is 1. The molecule has 0 bridgehead atoms. The molecule has 4 heteroatoms. The molecule has 4 nitrogen and oxygen atoms in total. The molecule has 1 aromatic heterocycles. The van der Waals surface area contributed by atoms with Crippen LogP contribution in [0, 0.1) is 0 Å². The molecule has 0 saturated carbocycles. The van der Waals surface area contributed by atoms with Crippen molar-refractivity contribution in [3.05, 3.63) is 60.8 Å². The minimum atomic E-state index is 0.765. The van der Waals surface area contributed by atoms with Crippen molar-refractivity contribution in [3.63, 3.8) is 0 Å². The molecule has 2 aromatic carbocycles. The number of fused-ring (bicyclic) bond motifs is 1. The maximum absolute atomic E-state index is 5.89. The average molecular weight is 305 g/mol. The van der Waals surface area contributed by atoms with Gasteiger partial charge in [-0.15, -0.1) is 0 Å². The van der Waals surface area contributed by atoms with Crippen LogP contribution in [-0.4, -0.2) is 31.2 Å². The third-order valence-corrected chi connectivity index (χ3v) is 4.10. The number of nitrogens with one attached hydrogen (secondary N) is 1. The van der Waals surface area contributed by atoms with E-state index in [4.69, 9.17) is 4.74 Å². The number of pyridine rings is 1. The predicted molar refractivity (Wildman–Crippen MR) is 93.3 cm³/mol. The zero-order valence-electron chi connectivity index (χ0n) is 12.9. The Morgan fingerprint density at radius 3 is 2.57 bits per heavy atom. The standard InChI is InChI=1S/C19H19N3O/c1-2-4-17(5-3-1)23-18-13-15-12-16(6-7-19(15)21-14-18)22-10-8-20-9-11-22/h1-7,12-14,20H,8-11H2. The molecule has 0 aliphatic carbocycles. The van der Waals surface area contributed by atoms with Crippen LogP contribution < -0.4 is 15.0 Å². The quantitative estimate of drug-likeness (QED) is 0.804. The van der Waals surface area contributed by atoms with Gasteiger partial charge in [0.1, 0.15) is 11.5 Å². The largest absolute Gasteiger partial charge is 0.456 e. The van der Waals surface area contributed by atoms with E-state index in [9.17, 15) is 0 Å². The molecule has 116 valence electrons. The van der Waals surface area contributed by atoms with E-state index in [1.807, 2.05) is 30.3 Å². The minimum Gasteiger partial charge on any atom is -0.456 e. The van der Waals surface area contributed by atoms with Gasteiger partial charge in [-0.1, -0.05) is 18.2 Å². The summed E-state index contributed by atoms with van der Waals surface area (Å²) in [6.45, 7) is 4.15. The molecule has 1 aliphatic heterocycles. The van der Waals surface area contributed by atoms with E-state index in [0.29, 0.717) is 0 Å². The molecule has 1 N–H and O–H groups in total. The molecule has 2 heterocycles. The van der Waals surface area contributed by atoms with Crippen LogP contribution in [-0.2, 0) is 0 Å². The number of benzene rings is 2. The van der Waals surface area contributed by atoms with E-state index in [1.54, 1.807) is 6.20 Å². The Labute approximate surface area is 135 Å². The van der Waals surface area contributed by atoms with Gasteiger partial charge in [0.2, 0.25) is 0 Å². The lowest BCUT2D eigenvalue weighted by Crippen LogP contribution is -2.43. The van der Waals surface area contributed by atoms with E-state index < -0.39 is 0 Å². The minimum absolute atomic E-state index is 0.765. The summed E-state index contributed by atoms with van der Waals surface area (Å²) in [5.41, 5.74) is 2.24. The molecule has 0 atom stereocenters. The molecular formula is C19H19N3O. The molecule has 0 radical (unpaired) electrons. The molecule has 0 spiro atoms. The van der Waals surface area contributed by atoms with Crippen LogP contribution >= 0.6 is 0 Å². The summed E-state index contributed by atoms with van der Waals surface area (Å²) in [4.78, 5) is 6.91. The van der Waals surface area contributed by atoms with E-state index in [0.717, 1.165) is 48.6 Å². The molecule has 1 fully saturated rings. The normalized spacial score (nSPS) is 14.9. The second-order valence-corrected chi connectivity index (χ2v) is 5.70. The third kappa shape index (κ3) is 3.12. The van der Waals surface area contributed by atoms with Crippen LogP contribution in [0.5, 0.6) is 11.5 Å². The van der Waals surface area contributed by atoms with E-state index in [1.165, 1.54) is 5.69 Å². The fraction of sp³-hybridized carbons (Fsp3) is 0.211. The summed E-state index contributed by atoms with van der Waals surface area (Å²) in [6, 6.07) is 18.3. The van der Waals surface area contributed by atoms with Crippen molar-refractivity contribution < 1.29 is 4.74 Å². The Balaban J connectivity index is 1.63. The highest BCUT2D eigenvalue weighted by molar-refractivity contribution is 5.83. The topological polar surface area (TPSA) is 37.4 Å². The Hall–Kier alpha value is -2.59. The highest BCUT2D eigenvalue weighted by Gasteiger charge is 2.11. The third-order valence-electron chi connectivity index (χ3n) is 4.10. The summed E-state index contributed by atoms with van der Waals surface area (Å²) in [7, 11) is 0. The number of nitrogens with zero attached hydrogens (tertiary/aromatic N) is 2. The first-order chi connectivity index (χ1) is 11.4. The molecule has 1 saturated heterocycles. The zero-order valence-corrected chi connectivity index (χ0v) is 12.9. The Bertz CT molecular complexity index is 798. The Morgan fingerprint density at radius 1 is 0.913 bits per heavy atom. The van der Waals surface area contributed by atoms with Crippen molar-refractivity contribution in [1.29, 1.82) is 0 Å². The lowest BCUT2D eigenvalue weighted by Gasteiger charge is -2.29. The number of piperazine rings is 1. The van der Waals surface area contributed by atoms with Gasteiger partial charge >= 0.3 is 0 Å². The number of ether oxygens (including phenoxy) is 1. The average Bonchev–Trinajstić information content (AvgIpc) is 2.63. The fourth-order valence-corrected chi connectivity index (χ4v) is 2.90. The lowest BCUT2D eigenvalue weighted by atomic mass is 10.1. The summed E-state index contributed by atoms with van der Waals surface area (Å²) >= 11 is 0. The second kappa shape index (κ2) is 6.26. The first-order valence-electron chi connectivity index (χ1n) is 7.97. The molecule has 4 rings (SSSR count). The summed E-state index contributed by atoms with van der Waals surface area (Å²) in [5, 5.41) is 4.49. The fourth-order valence-electron chi connectivity index (χ4n) is 2.90. The van der Waals surface area contributed by atoms with Gasteiger partial charge in [0, 0.05) is 37.3 Å². The highest BCUT2D eigenvalue weighted by Crippen LogP contribution is 2.27. The van der Waals surface area contributed by atoms with Crippen LogP contribution in [0.1, 0.15) is 0 Å². The number of hydrogen-bond donors (Lipinski definition) is 1. The number of aromatic nitrogens is 1. The monoisotopic (exact) mass is 305 g/mol. The molecule has 3 aromatic rings. The Kier molecular flexibility index (Phi) is 3.82. The van der Waals surface area contributed by atoms with E-state index in [2.05, 4.69) is 39.5 Å². The molecule has 23 heavy (non-hydrogen) atoms. The van der Waals surface area contributed by atoms with Gasteiger partial charge in [0.15, 0.2) is 0 Å². The highest BCUT2D eigenvalue weighted by atomic mass is 16.5. The number of hydrogen-bond acceptors (Lipinski definition) is 4. The summed E-state index contributed by atoms with van der Waals surface area (Å²) in [6.07, 6.45) is 1.78. The van der Waals surface area contributed by atoms with Gasteiger partial charge in [0.25, 0.3) is 0 Å². The van der Waals surface area contributed by atoms with Gasteiger partial charge in [0.05, 0.1) is 11.7 Å². The van der Waals surface area contributed by atoms with Crippen LogP contribution in [0.4, 0.5) is 5.69 Å². The van der Waals surface area contributed by atoms with Gasteiger partial charge < -0.3 is 15.0 Å². The van der Waals surface area contributed by atoms with Gasteiger partial charge in [-0.05, 0) is 36.4 Å². The van der Waals surface area contributed by atoms with Crippen LogP contribution in [0.2, 0.25) is 0 Å². The van der Waals surface area contributed by atoms with Crippen molar-refractivity contribution in [2.45, 2.75) is 0 Å². The first-order valence-corrected chi connectivity index (χ1v) is 7.97. The van der Waals surface area contributed by atoms with Gasteiger partial charge in [-0.25, -0.2) is 0 Å². The summed E-state index contributed by atoms with van der Waals surface area (Å²) in [5.74, 6) is 1.59. The predicted octanol–water partition coefficient (Wildman–Crippen LogP) is 3.44. The lowest BCUT2D eigenvalue weighted by molar-refractivity contribution is 0.481. The maximum atomic E-state index is 5.89. The van der Waals surface area contributed by atoms with Gasteiger partial charge in [-0.3, -0.25) is 4.98 Å². The van der Waals surface area contributed by atoms with Crippen molar-refractivity contribution in [2.24, 2.45) is 0 Å². The maximum Gasteiger partial charge on any atom is 0.146 e. The van der Waals surface area contributed by atoms with Crippen LogP contribution in [0.15, 0.2) is 60.8 Å². The molecule has 0 amide bonds. The first kappa shape index (κ1) is 14.0. The number of rotatable bonds is 3. The van der Waals surface area contributed by atoms with Crippen molar-refractivity contribution in [1.82, 2.24) is 10.3 Å². The second-order valence-electron chi connectivity index (χ2n) is 5.70. The number of anilines is 1. The van der Waals surface area contributed by atoms with Crippen molar-refractivity contribution >= 4 is 16.6 Å². The smallest absolute Gasteiger partial charge is 0.146 e. The van der Waals surface area contributed by atoms with Gasteiger partial charge in [-0.2, -0.15) is 0 Å².